The molecule has 0 saturated carbocycles. The van der Waals surface area contributed by atoms with Gasteiger partial charge in [0.2, 0.25) is 5.90 Å². The van der Waals surface area contributed by atoms with Crippen molar-refractivity contribution in [2.75, 3.05) is 0 Å². The third-order valence-electron chi connectivity index (χ3n) is 1.73. The van der Waals surface area contributed by atoms with Gasteiger partial charge in [-0.3, -0.25) is 5.41 Å². The van der Waals surface area contributed by atoms with Crippen molar-refractivity contribution < 1.29 is 4.84 Å². The van der Waals surface area contributed by atoms with Crippen molar-refractivity contribution in [2.45, 2.75) is 19.8 Å². The van der Waals surface area contributed by atoms with Crippen molar-refractivity contribution in [1.29, 1.82) is 5.41 Å². The van der Waals surface area contributed by atoms with E-state index in [1.807, 2.05) is 37.3 Å². The standard InChI is InChI=1S/C11H14N2O/c1-2-11(12)14-13-9-8-10-6-4-3-5-7-10/h3-7,9,12H,2,8H2,1H3/b12-11?,13-9+. The molecule has 1 N–H and O–H groups in total. The second-order valence-electron chi connectivity index (χ2n) is 2.85. The number of rotatable bonds is 4. The summed E-state index contributed by atoms with van der Waals surface area (Å²) in [5.74, 6) is 0.189. The van der Waals surface area contributed by atoms with Crippen LogP contribution in [0, 0.1) is 5.41 Å². The van der Waals surface area contributed by atoms with E-state index in [2.05, 4.69) is 5.16 Å². The number of hydrogen-bond donors (Lipinski definition) is 1. The predicted molar refractivity (Wildman–Crippen MR) is 57.7 cm³/mol. The van der Waals surface area contributed by atoms with Crippen molar-refractivity contribution in [3.05, 3.63) is 35.9 Å². The van der Waals surface area contributed by atoms with Crippen molar-refractivity contribution in [3.63, 3.8) is 0 Å². The zero-order valence-corrected chi connectivity index (χ0v) is 8.23. The first-order chi connectivity index (χ1) is 6.83. The van der Waals surface area contributed by atoms with Crippen LogP contribution in [0.4, 0.5) is 0 Å². The first-order valence-electron chi connectivity index (χ1n) is 4.63. The molecule has 0 amide bonds. The Labute approximate surface area is 83.9 Å². The number of nitrogens with one attached hydrogen (secondary N) is 1. The molecule has 0 spiro atoms. The lowest BCUT2D eigenvalue weighted by Crippen LogP contribution is -1.95. The van der Waals surface area contributed by atoms with Crippen LogP contribution in [-0.2, 0) is 11.3 Å². The van der Waals surface area contributed by atoms with Gasteiger partial charge in [-0.15, -0.1) is 0 Å². The molecule has 0 aliphatic heterocycles. The molecule has 0 saturated heterocycles. The summed E-state index contributed by atoms with van der Waals surface area (Å²) in [6.07, 6.45) is 2.97. The van der Waals surface area contributed by atoms with Gasteiger partial charge in [0, 0.05) is 19.1 Å². The maximum Gasteiger partial charge on any atom is 0.217 e. The van der Waals surface area contributed by atoms with Crippen LogP contribution in [-0.4, -0.2) is 12.1 Å². The maximum atomic E-state index is 7.18. The summed E-state index contributed by atoms with van der Waals surface area (Å²) in [6, 6.07) is 9.99. The summed E-state index contributed by atoms with van der Waals surface area (Å²) in [5.41, 5.74) is 1.18. The van der Waals surface area contributed by atoms with E-state index in [4.69, 9.17) is 10.2 Å². The number of benzene rings is 1. The second kappa shape index (κ2) is 5.91. The molecule has 14 heavy (non-hydrogen) atoms. The number of hydrogen-bond acceptors (Lipinski definition) is 3. The molecule has 0 unspecified atom stereocenters. The molecule has 0 aliphatic rings. The average molecular weight is 190 g/mol. The van der Waals surface area contributed by atoms with Crippen LogP contribution in [0.5, 0.6) is 0 Å². The molecular weight excluding hydrogens is 176 g/mol. The summed E-state index contributed by atoms with van der Waals surface area (Å²) in [5, 5.41) is 10.9. The molecule has 3 heteroatoms. The van der Waals surface area contributed by atoms with E-state index >= 15 is 0 Å². The molecule has 0 bridgehead atoms. The van der Waals surface area contributed by atoms with Crippen LogP contribution in [0.15, 0.2) is 35.5 Å². The highest BCUT2D eigenvalue weighted by Crippen LogP contribution is 1.97. The smallest absolute Gasteiger partial charge is 0.217 e. The Morgan fingerprint density at radius 1 is 1.43 bits per heavy atom. The minimum atomic E-state index is 0.189. The topological polar surface area (TPSA) is 45.4 Å². The zero-order valence-electron chi connectivity index (χ0n) is 8.23. The van der Waals surface area contributed by atoms with E-state index in [0.717, 1.165) is 6.42 Å². The van der Waals surface area contributed by atoms with Gasteiger partial charge in [-0.2, -0.15) is 0 Å². The highest BCUT2D eigenvalue weighted by atomic mass is 16.6. The van der Waals surface area contributed by atoms with E-state index in [9.17, 15) is 0 Å². The highest BCUT2D eigenvalue weighted by molar-refractivity contribution is 5.73. The molecule has 0 atom stereocenters. The Hall–Kier alpha value is -1.64. The van der Waals surface area contributed by atoms with Crippen molar-refractivity contribution in [3.8, 4) is 0 Å². The molecule has 3 nitrogen and oxygen atoms in total. The molecular formula is C11H14N2O. The van der Waals surface area contributed by atoms with E-state index in [0.29, 0.717) is 6.42 Å². The Balaban J connectivity index is 2.31. The van der Waals surface area contributed by atoms with E-state index in [1.165, 1.54) is 5.56 Å². The summed E-state index contributed by atoms with van der Waals surface area (Å²) in [6.45, 7) is 1.86. The van der Waals surface area contributed by atoms with Crippen molar-refractivity contribution >= 4 is 12.1 Å². The van der Waals surface area contributed by atoms with Crippen LogP contribution in [0.2, 0.25) is 0 Å². The molecule has 0 aromatic heterocycles. The van der Waals surface area contributed by atoms with Crippen LogP contribution in [0.1, 0.15) is 18.9 Å². The fourth-order valence-corrected chi connectivity index (χ4v) is 0.922. The second-order valence-corrected chi connectivity index (χ2v) is 2.85. The van der Waals surface area contributed by atoms with Gasteiger partial charge in [0.15, 0.2) is 0 Å². The van der Waals surface area contributed by atoms with Gasteiger partial charge in [0.05, 0.1) is 0 Å². The summed E-state index contributed by atoms with van der Waals surface area (Å²) >= 11 is 0. The van der Waals surface area contributed by atoms with Gasteiger partial charge >= 0.3 is 0 Å². The minimum absolute atomic E-state index is 0.189. The zero-order chi connectivity index (χ0) is 10.2. The summed E-state index contributed by atoms with van der Waals surface area (Å²) in [7, 11) is 0. The van der Waals surface area contributed by atoms with Gasteiger partial charge in [0.25, 0.3) is 0 Å². The quantitative estimate of drug-likeness (QED) is 0.442. The van der Waals surface area contributed by atoms with Gasteiger partial charge in [-0.1, -0.05) is 42.4 Å². The van der Waals surface area contributed by atoms with Crippen LogP contribution in [0.25, 0.3) is 0 Å². The van der Waals surface area contributed by atoms with E-state index in [-0.39, 0.29) is 5.90 Å². The minimum Gasteiger partial charge on any atom is -0.342 e. The van der Waals surface area contributed by atoms with Crippen molar-refractivity contribution in [1.82, 2.24) is 0 Å². The highest BCUT2D eigenvalue weighted by Gasteiger charge is 1.90. The number of nitrogens with zero attached hydrogens (tertiary/aromatic N) is 1. The molecule has 0 fully saturated rings. The predicted octanol–water partition coefficient (Wildman–Crippen LogP) is 2.62. The average Bonchev–Trinajstić information content (AvgIpc) is 2.25. The SMILES string of the molecule is CCC(=N)O/N=C/Cc1ccccc1. The molecule has 1 aromatic rings. The lowest BCUT2D eigenvalue weighted by Gasteiger charge is -1.96. The van der Waals surface area contributed by atoms with E-state index in [1.54, 1.807) is 6.21 Å². The van der Waals surface area contributed by atoms with Crippen LogP contribution < -0.4 is 0 Å². The molecule has 0 radical (unpaired) electrons. The normalized spacial score (nSPS) is 10.4. The third-order valence-corrected chi connectivity index (χ3v) is 1.73. The van der Waals surface area contributed by atoms with Crippen LogP contribution in [0.3, 0.4) is 0 Å². The monoisotopic (exact) mass is 190 g/mol. The Morgan fingerprint density at radius 3 is 2.79 bits per heavy atom. The largest absolute Gasteiger partial charge is 0.342 e. The molecule has 74 valence electrons. The lowest BCUT2D eigenvalue weighted by atomic mass is 10.2. The fourth-order valence-electron chi connectivity index (χ4n) is 0.922. The van der Waals surface area contributed by atoms with Crippen molar-refractivity contribution in [2.24, 2.45) is 5.16 Å². The molecule has 1 aromatic carbocycles. The molecule has 1 rings (SSSR count). The van der Waals surface area contributed by atoms with Gasteiger partial charge in [0.1, 0.15) is 0 Å². The Morgan fingerprint density at radius 2 is 2.14 bits per heavy atom. The lowest BCUT2D eigenvalue weighted by molar-refractivity contribution is 0.317. The first kappa shape index (κ1) is 10.4. The number of oxime groups is 1. The Bertz CT molecular complexity index is 306. The van der Waals surface area contributed by atoms with Gasteiger partial charge in [-0.25, -0.2) is 0 Å². The summed E-state index contributed by atoms with van der Waals surface area (Å²) < 4.78 is 0. The molecule has 0 heterocycles. The van der Waals surface area contributed by atoms with E-state index < -0.39 is 0 Å². The summed E-state index contributed by atoms with van der Waals surface area (Å²) in [4.78, 5) is 4.77. The van der Waals surface area contributed by atoms with Gasteiger partial charge in [-0.05, 0) is 5.56 Å². The first-order valence-corrected chi connectivity index (χ1v) is 4.63. The third kappa shape index (κ3) is 3.85. The van der Waals surface area contributed by atoms with Crippen LogP contribution >= 0.6 is 0 Å². The molecule has 0 aliphatic carbocycles. The fraction of sp³-hybridized carbons (Fsp3) is 0.273. The van der Waals surface area contributed by atoms with Gasteiger partial charge < -0.3 is 4.84 Å². The Kier molecular flexibility index (Phi) is 4.41. The maximum absolute atomic E-state index is 7.18.